The molecule has 5 nitrogen and oxygen atoms in total. The highest BCUT2D eigenvalue weighted by atomic mass is 32.2. The number of sulfonamides is 1. The minimum atomic E-state index is -3.59. The summed E-state index contributed by atoms with van der Waals surface area (Å²) in [5.74, 6) is 0. The van der Waals surface area contributed by atoms with Crippen LogP contribution in [0.1, 0.15) is 25.0 Å². The fraction of sp³-hybridized carbons (Fsp3) is 0.455. The lowest BCUT2D eigenvalue weighted by Crippen LogP contribution is -2.41. The van der Waals surface area contributed by atoms with Gasteiger partial charge in [0, 0.05) is 19.3 Å². The van der Waals surface area contributed by atoms with Crippen molar-refractivity contribution < 1.29 is 8.42 Å². The Balaban J connectivity index is 2.41. The van der Waals surface area contributed by atoms with Crippen LogP contribution in [-0.4, -0.2) is 30.8 Å². The van der Waals surface area contributed by atoms with E-state index in [2.05, 4.69) is 4.98 Å². The number of hydrogen-bond acceptors (Lipinski definition) is 4. The van der Waals surface area contributed by atoms with Crippen molar-refractivity contribution in [2.45, 2.75) is 30.2 Å². The topological polar surface area (TPSA) is 74.1 Å². The first kappa shape index (κ1) is 12.0. The predicted molar refractivity (Wildman–Crippen MR) is 61.5 cm³/mol. The largest absolute Gasteiger partial charge is 0.245 e. The van der Waals surface area contributed by atoms with Gasteiger partial charge in [-0.15, -0.1) is 0 Å². The monoisotopic (exact) mass is 251 g/mol. The third-order valence-corrected chi connectivity index (χ3v) is 5.06. The Labute approximate surface area is 101 Å². The lowest BCUT2D eigenvalue weighted by atomic mass is 9.94. The van der Waals surface area contributed by atoms with E-state index in [1.807, 2.05) is 6.07 Å². The van der Waals surface area contributed by atoms with Crippen LogP contribution in [0.3, 0.4) is 0 Å². The molecule has 0 saturated heterocycles. The van der Waals surface area contributed by atoms with Crippen molar-refractivity contribution in [3.63, 3.8) is 0 Å². The SMILES string of the molecule is CN(C1CCC1)S(=O)(=O)c1cccnc1C#N. The van der Waals surface area contributed by atoms with E-state index in [-0.39, 0.29) is 16.6 Å². The minimum absolute atomic E-state index is 0.00287. The van der Waals surface area contributed by atoms with E-state index in [0.29, 0.717) is 0 Å². The van der Waals surface area contributed by atoms with Crippen molar-refractivity contribution in [1.82, 2.24) is 9.29 Å². The number of aromatic nitrogens is 1. The zero-order valence-corrected chi connectivity index (χ0v) is 10.3. The molecule has 17 heavy (non-hydrogen) atoms. The van der Waals surface area contributed by atoms with E-state index >= 15 is 0 Å². The van der Waals surface area contributed by atoms with Crippen LogP contribution < -0.4 is 0 Å². The van der Waals surface area contributed by atoms with E-state index in [4.69, 9.17) is 5.26 Å². The first-order valence-electron chi connectivity index (χ1n) is 5.40. The van der Waals surface area contributed by atoms with Crippen molar-refractivity contribution in [1.29, 1.82) is 5.26 Å². The van der Waals surface area contributed by atoms with E-state index in [1.165, 1.54) is 22.6 Å². The molecule has 0 N–H and O–H groups in total. The van der Waals surface area contributed by atoms with E-state index in [0.717, 1.165) is 19.3 Å². The lowest BCUT2D eigenvalue weighted by Gasteiger charge is -2.33. The minimum Gasteiger partial charge on any atom is -0.244 e. The number of nitriles is 1. The van der Waals surface area contributed by atoms with Crippen LogP contribution in [0, 0.1) is 11.3 Å². The molecule has 0 amide bonds. The van der Waals surface area contributed by atoms with Crippen LogP contribution in [0.15, 0.2) is 23.2 Å². The second-order valence-corrected chi connectivity index (χ2v) is 6.03. The van der Waals surface area contributed by atoms with Gasteiger partial charge in [0.25, 0.3) is 0 Å². The molecule has 6 heteroatoms. The molecule has 0 unspecified atom stereocenters. The van der Waals surface area contributed by atoms with E-state index in [1.54, 1.807) is 7.05 Å². The summed E-state index contributed by atoms with van der Waals surface area (Å²) in [5.41, 5.74) is -0.0429. The molecule has 1 saturated carbocycles. The molecule has 1 aliphatic carbocycles. The number of nitrogens with zero attached hydrogens (tertiary/aromatic N) is 3. The number of rotatable bonds is 3. The Bertz CT molecular complexity index is 558. The quantitative estimate of drug-likeness (QED) is 0.807. The summed E-state index contributed by atoms with van der Waals surface area (Å²) in [6, 6.07) is 4.83. The summed E-state index contributed by atoms with van der Waals surface area (Å²) < 4.78 is 25.9. The van der Waals surface area contributed by atoms with Gasteiger partial charge in [-0.1, -0.05) is 6.42 Å². The zero-order chi connectivity index (χ0) is 12.5. The van der Waals surface area contributed by atoms with Gasteiger partial charge in [0.15, 0.2) is 5.69 Å². The lowest BCUT2D eigenvalue weighted by molar-refractivity contribution is 0.249. The zero-order valence-electron chi connectivity index (χ0n) is 9.50. The summed E-state index contributed by atoms with van der Waals surface area (Å²) in [7, 11) is -2.03. The Hall–Kier alpha value is -1.45. The van der Waals surface area contributed by atoms with Crippen molar-refractivity contribution in [3.8, 4) is 6.07 Å². The number of pyridine rings is 1. The van der Waals surface area contributed by atoms with Crippen LogP contribution >= 0.6 is 0 Å². The average Bonchev–Trinajstić information content (AvgIpc) is 2.26. The third-order valence-electron chi connectivity index (χ3n) is 3.12. The molecule has 1 fully saturated rings. The average molecular weight is 251 g/mol. The molecular formula is C11H13N3O2S. The molecule has 0 aromatic carbocycles. The van der Waals surface area contributed by atoms with Gasteiger partial charge in [0.1, 0.15) is 11.0 Å². The van der Waals surface area contributed by atoms with Crippen LogP contribution in [0.25, 0.3) is 0 Å². The summed E-state index contributed by atoms with van der Waals surface area (Å²) in [6.07, 6.45) is 4.25. The normalized spacial score (nSPS) is 16.5. The Kier molecular flexibility index (Phi) is 3.13. The Morgan fingerprint density at radius 2 is 2.24 bits per heavy atom. The summed E-state index contributed by atoms with van der Waals surface area (Å²) in [4.78, 5) is 3.78. The Morgan fingerprint density at radius 3 is 2.76 bits per heavy atom. The van der Waals surface area contributed by atoms with E-state index in [9.17, 15) is 8.42 Å². The maximum Gasteiger partial charge on any atom is 0.245 e. The summed E-state index contributed by atoms with van der Waals surface area (Å²) in [6.45, 7) is 0. The van der Waals surface area contributed by atoms with Gasteiger partial charge in [0.05, 0.1) is 0 Å². The fourth-order valence-electron chi connectivity index (χ4n) is 1.78. The maximum atomic E-state index is 12.3. The molecule has 0 radical (unpaired) electrons. The van der Waals surface area contributed by atoms with Gasteiger partial charge >= 0.3 is 0 Å². The van der Waals surface area contributed by atoms with Crippen LogP contribution in [-0.2, 0) is 10.0 Å². The maximum absolute atomic E-state index is 12.3. The van der Waals surface area contributed by atoms with Crippen molar-refractivity contribution in [2.75, 3.05) is 7.05 Å². The molecule has 1 heterocycles. The van der Waals surface area contributed by atoms with Crippen LogP contribution in [0.2, 0.25) is 0 Å². The van der Waals surface area contributed by atoms with Crippen molar-refractivity contribution in [3.05, 3.63) is 24.0 Å². The number of hydrogen-bond donors (Lipinski definition) is 0. The molecule has 1 aromatic rings. The van der Waals surface area contributed by atoms with Gasteiger partial charge in [-0.3, -0.25) is 0 Å². The highest BCUT2D eigenvalue weighted by molar-refractivity contribution is 7.89. The smallest absolute Gasteiger partial charge is 0.244 e. The second kappa shape index (κ2) is 4.43. The van der Waals surface area contributed by atoms with E-state index < -0.39 is 10.0 Å². The predicted octanol–water partition coefficient (Wildman–Crippen LogP) is 1.13. The highest BCUT2D eigenvalue weighted by Gasteiger charge is 2.33. The molecule has 2 rings (SSSR count). The summed E-state index contributed by atoms with van der Waals surface area (Å²) in [5, 5.41) is 8.88. The van der Waals surface area contributed by atoms with Gasteiger partial charge in [-0.05, 0) is 25.0 Å². The Morgan fingerprint density at radius 1 is 1.53 bits per heavy atom. The molecule has 1 aliphatic rings. The molecule has 0 spiro atoms. The van der Waals surface area contributed by atoms with Crippen LogP contribution in [0.4, 0.5) is 0 Å². The standard InChI is InChI=1S/C11H13N3O2S/c1-14(9-4-2-5-9)17(15,16)11-6-3-7-13-10(11)8-12/h3,6-7,9H,2,4-5H2,1H3. The molecule has 0 aliphatic heterocycles. The van der Waals surface area contributed by atoms with Gasteiger partial charge in [0.2, 0.25) is 10.0 Å². The molecule has 1 aromatic heterocycles. The second-order valence-electron chi connectivity index (χ2n) is 4.07. The fourth-order valence-corrected chi connectivity index (χ4v) is 3.29. The molecule has 90 valence electrons. The van der Waals surface area contributed by atoms with Crippen molar-refractivity contribution >= 4 is 10.0 Å². The molecule has 0 atom stereocenters. The van der Waals surface area contributed by atoms with Gasteiger partial charge < -0.3 is 0 Å². The first-order valence-corrected chi connectivity index (χ1v) is 6.84. The highest BCUT2D eigenvalue weighted by Crippen LogP contribution is 2.28. The van der Waals surface area contributed by atoms with Crippen molar-refractivity contribution in [2.24, 2.45) is 0 Å². The van der Waals surface area contributed by atoms with Gasteiger partial charge in [-0.25, -0.2) is 13.4 Å². The third kappa shape index (κ3) is 2.04. The molecular weight excluding hydrogens is 238 g/mol. The first-order chi connectivity index (χ1) is 8.07. The summed E-state index contributed by atoms with van der Waals surface area (Å²) >= 11 is 0. The van der Waals surface area contributed by atoms with Crippen LogP contribution in [0.5, 0.6) is 0 Å². The van der Waals surface area contributed by atoms with Gasteiger partial charge in [-0.2, -0.15) is 9.57 Å². The molecule has 0 bridgehead atoms.